The quantitative estimate of drug-likeness (QED) is 0.782. The maximum atomic E-state index is 11.6. The zero-order chi connectivity index (χ0) is 14.1. The molecule has 0 unspecified atom stereocenters. The second-order valence-corrected chi connectivity index (χ2v) is 4.58. The molecule has 0 heterocycles. The first-order valence-electron chi connectivity index (χ1n) is 6.30. The van der Waals surface area contributed by atoms with Gasteiger partial charge in [0.2, 0.25) is 5.24 Å². The molecule has 0 aliphatic heterocycles. The number of hydrogen-bond donors (Lipinski definition) is 1. The third kappa shape index (κ3) is 6.25. The van der Waals surface area contributed by atoms with E-state index in [-0.39, 0.29) is 6.61 Å². The van der Waals surface area contributed by atoms with Crippen LogP contribution in [0.2, 0.25) is 0 Å². The van der Waals surface area contributed by atoms with Crippen LogP contribution in [0.3, 0.4) is 0 Å². The van der Waals surface area contributed by atoms with Crippen molar-refractivity contribution in [2.24, 2.45) is 0 Å². The minimum atomic E-state index is -0.676. The Bertz CT molecular complexity index is 408. The highest BCUT2D eigenvalue weighted by atomic mass is 35.5. The number of amides is 1. The normalized spacial score (nSPS) is 11.7. The number of carbonyl (C=O) groups excluding carboxylic acids is 2. The Morgan fingerprint density at radius 3 is 2.58 bits per heavy atom. The molecule has 1 aromatic carbocycles. The Hall–Kier alpha value is -1.55. The topological polar surface area (TPSA) is 55.4 Å². The predicted octanol–water partition coefficient (Wildman–Crippen LogP) is 3.24. The highest BCUT2D eigenvalue weighted by Gasteiger charge is 2.18. The van der Waals surface area contributed by atoms with Crippen LogP contribution in [0.5, 0.6) is 0 Å². The van der Waals surface area contributed by atoms with Gasteiger partial charge in [-0.2, -0.15) is 0 Å². The largest absolute Gasteiger partial charge is 0.445 e. The van der Waals surface area contributed by atoms with Gasteiger partial charge < -0.3 is 10.1 Å². The maximum absolute atomic E-state index is 11.6. The smallest absolute Gasteiger partial charge is 0.408 e. The zero-order valence-corrected chi connectivity index (χ0v) is 11.7. The van der Waals surface area contributed by atoms with E-state index in [1.54, 1.807) is 0 Å². The van der Waals surface area contributed by atoms with E-state index in [1.807, 2.05) is 37.3 Å². The van der Waals surface area contributed by atoms with Crippen LogP contribution in [-0.4, -0.2) is 17.4 Å². The summed E-state index contributed by atoms with van der Waals surface area (Å²) in [5.41, 5.74) is 0.889. The van der Waals surface area contributed by atoms with Crippen LogP contribution in [0.15, 0.2) is 30.3 Å². The summed E-state index contributed by atoms with van der Waals surface area (Å²) in [6.45, 7) is 2.17. The number of unbranched alkanes of at least 4 members (excludes halogenated alkanes) is 1. The summed E-state index contributed by atoms with van der Waals surface area (Å²) < 4.78 is 5.03. The van der Waals surface area contributed by atoms with Crippen molar-refractivity contribution >= 4 is 22.9 Å². The molecule has 0 radical (unpaired) electrons. The van der Waals surface area contributed by atoms with E-state index < -0.39 is 17.4 Å². The standard InChI is InChI=1S/C14H18ClNO3/c1-2-3-9-12(13(15)17)16-14(18)19-10-11-7-5-4-6-8-11/h4-8,12H,2-3,9-10H2,1H3,(H,16,18)/t12-/m0/s1. The SMILES string of the molecule is CCCC[C@H](NC(=O)OCc1ccccc1)C(=O)Cl. The summed E-state index contributed by atoms with van der Waals surface area (Å²) >= 11 is 5.43. The van der Waals surface area contributed by atoms with Crippen LogP contribution >= 0.6 is 11.6 Å². The molecule has 1 N–H and O–H groups in total. The highest BCUT2D eigenvalue weighted by Crippen LogP contribution is 2.05. The highest BCUT2D eigenvalue weighted by molar-refractivity contribution is 6.64. The monoisotopic (exact) mass is 283 g/mol. The number of benzene rings is 1. The lowest BCUT2D eigenvalue weighted by atomic mass is 10.1. The van der Waals surface area contributed by atoms with Crippen molar-refractivity contribution in [3.05, 3.63) is 35.9 Å². The second kappa shape index (κ2) is 8.53. The van der Waals surface area contributed by atoms with Crippen LogP contribution in [0.25, 0.3) is 0 Å². The molecule has 5 heteroatoms. The van der Waals surface area contributed by atoms with E-state index >= 15 is 0 Å². The van der Waals surface area contributed by atoms with Gasteiger partial charge in [0.15, 0.2) is 0 Å². The fourth-order valence-corrected chi connectivity index (χ4v) is 1.72. The van der Waals surface area contributed by atoms with Crippen LogP contribution < -0.4 is 5.32 Å². The van der Waals surface area contributed by atoms with Crippen molar-refractivity contribution in [2.45, 2.75) is 38.8 Å². The van der Waals surface area contributed by atoms with Crippen molar-refractivity contribution < 1.29 is 14.3 Å². The van der Waals surface area contributed by atoms with Crippen molar-refractivity contribution in [2.75, 3.05) is 0 Å². The zero-order valence-electron chi connectivity index (χ0n) is 10.9. The molecule has 104 valence electrons. The minimum absolute atomic E-state index is 0.170. The molecular formula is C14H18ClNO3. The second-order valence-electron chi connectivity index (χ2n) is 4.20. The molecule has 0 bridgehead atoms. The molecule has 0 saturated carbocycles. The van der Waals surface area contributed by atoms with E-state index in [0.29, 0.717) is 6.42 Å². The molecule has 0 saturated heterocycles. The van der Waals surface area contributed by atoms with E-state index in [4.69, 9.17) is 16.3 Å². The average molecular weight is 284 g/mol. The lowest BCUT2D eigenvalue weighted by molar-refractivity contribution is -0.113. The van der Waals surface area contributed by atoms with Gasteiger partial charge in [-0.05, 0) is 23.6 Å². The van der Waals surface area contributed by atoms with Crippen molar-refractivity contribution in [1.29, 1.82) is 0 Å². The number of rotatable bonds is 7. The lowest BCUT2D eigenvalue weighted by Gasteiger charge is -2.14. The molecule has 0 aliphatic carbocycles. The summed E-state index contributed by atoms with van der Waals surface area (Å²) in [5, 5.41) is 1.91. The predicted molar refractivity (Wildman–Crippen MR) is 73.9 cm³/mol. The van der Waals surface area contributed by atoms with E-state index in [0.717, 1.165) is 18.4 Å². The Balaban J connectivity index is 2.38. The molecule has 0 aliphatic rings. The van der Waals surface area contributed by atoms with Gasteiger partial charge in [-0.25, -0.2) is 4.79 Å². The summed E-state index contributed by atoms with van der Waals surface area (Å²) in [4.78, 5) is 22.7. The Morgan fingerprint density at radius 2 is 2.00 bits per heavy atom. The van der Waals surface area contributed by atoms with Gasteiger partial charge in [-0.1, -0.05) is 50.1 Å². The van der Waals surface area contributed by atoms with Crippen LogP contribution in [0.4, 0.5) is 4.79 Å². The fraction of sp³-hybridized carbons (Fsp3) is 0.429. The first kappa shape index (κ1) is 15.5. The van der Waals surface area contributed by atoms with Gasteiger partial charge in [-0.15, -0.1) is 0 Å². The first-order chi connectivity index (χ1) is 9.13. The van der Waals surface area contributed by atoms with Crippen molar-refractivity contribution in [3.8, 4) is 0 Å². The Morgan fingerprint density at radius 1 is 1.32 bits per heavy atom. The molecule has 4 nitrogen and oxygen atoms in total. The number of alkyl carbamates (subject to hydrolysis) is 1. The molecule has 0 fully saturated rings. The van der Waals surface area contributed by atoms with Crippen LogP contribution in [-0.2, 0) is 16.1 Å². The van der Waals surface area contributed by atoms with E-state index in [2.05, 4.69) is 5.32 Å². The number of halogens is 1. The molecule has 1 amide bonds. The Kier molecular flexibility index (Phi) is 6.97. The average Bonchev–Trinajstić information content (AvgIpc) is 2.42. The van der Waals surface area contributed by atoms with Crippen molar-refractivity contribution in [1.82, 2.24) is 5.32 Å². The third-order valence-electron chi connectivity index (χ3n) is 2.63. The van der Waals surface area contributed by atoms with E-state index in [1.165, 1.54) is 0 Å². The summed E-state index contributed by atoms with van der Waals surface area (Å²) in [6, 6.07) is 8.65. The van der Waals surface area contributed by atoms with Crippen molar-refractivity contribution in [3.63, 3.8) is 0 Å². The Labute approximate surface area is 118 Å². The van der Waals surface area contributed by atoms with Gasteiger partial charge in [0, 0.05) is 0 Å². The molecule has 1 rings (SSSR count). The molecule has 19 heavy (non-hydrogen) atoms. The van der Waals surface area contributed by atoms with E-state index in [9.17, 15) is 9.59 Å². The summed E-state index contributed by atoms with van der Waals surface area (Å²) in [6.07, 6.45) is 1.65. The summed E-state index contributed by atoms with van der Waals surface area (Å²) in [5.74, 6) is 0. The number of nitrogens with one attached hydrogen (secondary N) is 1. The molecule has 0 spiro atoms. The maximum Gasteiger partial charge on any atom is 0.408 e. The van der Waals surface area contributed by atoms with Crippen LogP contribution in [0.1, 0.15) is 31.7 Å². The molecule has 0 aromatic heterocycles. The molecule has 1 atom stereocenters. The molecule has 1 aromatic rings. The minimum Gasteiger partial charge on any atom is -0.445 e. The number of hydrogen-bond acceptors (Lipinski definition) is 3. The first-order valence-corrected chi connectivity index (χ1v) is 6.67. The van der Waals surface area contributed by atoms with Gasteiger partial charge in [-0.3, -0.25) is 4.79 Å². The van der Waals surface area contributed by atoms with Gasteiger partial charge >= 0.3 is 6.09 Å². The number of carbonyl (C=O) groups is 2. The van der Waals surface area contributed by atoms with Gasteiger partial charge in [0.25, 0.3) is 0 Å². The van der Waals surface area contributed by atoms with Crippen LogP contribution in [0, 0.1) is 0 Å². The fourth-order valence-electron chi connectivity index (χ4n) is 1.56. The number of ether oxygens (including phenoxy) is 1. The van der Waals surface area contributed by atoms with Gasteiger partial charge in [0.1, 0.15) is 12.6 Å². The lowest BCUT2D eigenvalue weighted by Crippen LogP contribution is -2.39. The summed E-state index contributed by atoms with van der Waals surface area (Å²) in [7, 11) is 0. The van der Waals surface area contributed by atoms with Gasteiger partial charge in [0.05, 0.1) is 0 Å². The third-order valence-corrected chi connectivity index (χ3v) is 2.89. The molecular weight excluding hydrogens is 266 g/mol.